The van der Waals surface area contributed by atoms with Gasteiger partial charge in [0.2, 0.25) is 10.1 Å². The predicted molar refractivity (Wildman–Crippen MR) is 121 cm³/mol. The molecule has 0 saturated carbocycles. The number of aromatic nitrogens is 2. The summed E-state index contributed by atoms with van der Waals surface area (Å²) in [5.74, 6) is -2.53. The Bertz CT molecular complexity index is 1210. The molecule has 2 fully saturated rings. The van der Waals surface area contributed by atoms with Crippen molar-refractivity contribution >= 4 is 52.1 Å². The van der Waals surface area contributed by atoms with Crippen LogP contribution in [-0.2, 0) is 25.3 Å². The van der Waals surface area contributed by atoms with Gasteiger partial charge in [-0.1, -0.05) is 11.3 Å². The van der Waals surface area contributed by atoms with Crippen LogP contribution in [0.3, 0.4) is 0 Å². The van der Waals surface area contributed by atoms with E-state index in [2.05, 4.69) is 15.5 Å². The van der Waals surface area contributed by atoms with Crippen LogP contribution in [0.2, 0.25) is 0 Å². The summed E-state index contributed by atoms with van der Waals surface area (Å²) in [6.07, 6.45) is -4.00. The first-order valence-corrected chi connectivity index (χ1v) is 12.4. The fourth-order valence-corrected chi connectivity index (χ4v) is 5.81. The van der Waals surface area contributed by atoms with Gasteiger partial charge in [-0.3, -0.25) is 19.4 Å². The van der Waals surface area contributed by atoms with Crippen LogP contribution >= 0.6 is 23.1 Å². The molecule has 0 radical (unpaired) electrons. The van der Waals surface area contributed by atoms with Crippen LogP contribution in [0.25, 0.3) is 0 Å². The maximum Gasteiger partial charge on any atom is 0.445 e. The number of carboxylic acid groups (broad SMARTS) is 1. The number of anilines is 1. The summed E-state index contributed by atoms with van der Waals surface area (Å²) >= 11 is 1.44. The lowest BCUT2D eigenvalue weighted by Gasteiger charge is -2.49. The third-order valence-electron chi connectivity index (χ3n) is 5.23. The Morgan fingerprint density at radius 3 is 2.50 bits per heavy atom. The van der Waals surface area contributed by atoms with E-state index in [9.17, 15) is 37.5 Å². The molecule has 0 aromatic carbocycles. The third kappa shape index (κ3) is 4.91. The Morgan fingerprint density at radius 2 is 1.92 bits per heavy atom. The van der Waals surface area contributed by atoms with Gasteiger partial charge in [0.25, 0.3) is 11.8 Å². The standard InChI is InChI=1S/C20H20F3N5O6S2/c1-19(2,3)34-18(33)24-10-13(30)28-11(15(31)32)9(7-35-14(10)28)6-8-4-5-27(12(8)29)17-26-25-16(36-17)20(21,22)23/h6,10,14H,4-5,7H2,1-3H3,(H,24,33)(H,31,32)/b8-6+/t10-,14-/m1/s1. The number of thioether (sulfide) groups is 1. The van der Waals surface area contributed by atoms with Crippen LogP contribution in [0.15, 0.2) is 22.9 Å². The monoisotopic (exact) mass is 547 g/mol. The lowest BCUT2D eigenvalue weighted by molar-refractivity contribution is -0.149. The van der Waals surface area contributed by atoms with Gasteiger partial charge in [0, 0.05) is 17.9 Å². The van der Waals surface area contributed by atoms with Crippen molar-refractivity contribution < 1.29 is 42.2 Å². The molecule has 2 N–H and O–H groups in total. The number of nitrogens with zero attached hydrogens (tertiary/aromatic N) is 4. The zero-order chi connectivity index (χ0) is 26.6. The molecule has 0 bridgehead atoms. The van der Waals surface area contributed by atoms with Crippen LogP contribution < -0.4 is 10.2 Å². The lowest BCUT2D eigenvalue weighted by atomic mass is 10.0. The first kappa shape index (κ1) is 25.9. The molecule has 11 nitrogen and oxygen atoms in total. The molecule has 16 heteroatoms. The van der Waals surface area contributed by atoms with Gasteiger partial charge in [-0.15, -0.1) is 22.0 Å². The van der Waals surface area contributed by atoms with Crippen molar-refractivity contribution in [2.75, 3.05) is 17.2 Å². The fraction of sp³-hybridized carbons (Fsp3) is 0.500. The maximum atomic E-state index is 12.8. The first-order valence-electron chi connectivity index (χ1n) is 10.5. The summed E-state index contributed by atoms with van der Waals surface area (Å²) in [7, 11) is 0. The van der Waals surface area contributed by atoms with Gasteiger partial charge in [0.1, 0.15) is 22.7 Å². The number of alkyl halides is 3. The number of carbonyl (C=O) groups is 4. The highest BCUT2D eigenvalue weighted by atomic mass is 32.2. The summed E-state index contributed by atoms with van der Waals surface area (Å²) in [5.41, 5.74) is -0.735. The predicted octanol–water partition coefficient (Wildman–Crippen LogP) is 2.37. The normalized spacial score (nSPS) is 23.7. The van der Waals surface area contributed by atoms with Crippen LogP contribution in [0, 0.1) is 0 Å². The molecule has 4 rings (SSSR count). The average molecular weight is 548 g/mol. The molecule has 1 aromatic rings. The minimum atomic E-state index is -4.69. The van der Waals surface area contributed by atoms with E-state index in [0.717, 1.165) is 9.80 Å². The van der Waals surface area contributed by atoms with E-state index in [1.165, 1.54) is 17.8 Å². The topological polar surface area (TPSA) is 142 Å². The van der Waals surface area contributed by atoms with Gasteiger partial charge >= 0.3 is 18.2 Å². The van der Waals surface area contributed by atoms with Crippen LogP contribution in [0.1, 0.15) is 32.2 Å². The van der Waals surface area contributed by atoms with Crippen molar-refractivity contribution in [2.45, 2.75) is 50.4 Å². The van der Waals surface area contributed by atoms with Crippen molar-refractivity contribution in [1.29, 1.82) is 0 Å². The molecule has 4 heterocycles. The number of carboxylic acids is 1. The highest BCUT2D eigenvalue weighted by Crippen LogP contribution is 2.42. The molecule has 0 aliphatic carbocycles. The second-order valence-corrected chi connectivity index (χ2v) is 11.0. The van der Waals surface area contributed by atoms with Gasteiger partial charge in [-0.2, -0.15) is 13.2 Å². The van der Waals surface area contributed by atoms with Crippen LogP contribution in [0.5, 0.6) is 0 Å². The molecule has 36 heavy (non-hydrogen) atoms. The number of fused-ring (bicyclic) bond motifs is 1. The fourth-order valence-electron chi connectivity index (χ4n) is 3.77. The van der Waals surface area contributed by atoms with Gasteiger partial charge in [0.15, 0.2) is 0 Å². The quantitative estimate of drug-likeness (QED) is 0.429. The minimum absolute atomic E-state index is 0.0487. The zero-order valence-electron chi connectivity index (χ0n) is 19.1. The summed E-state index contributed by atoms with van der Waals surface area (Å²) in [4.78, 5) is 51.7. The SMILES string of the molecule is CC(C)(C)OC(=O)N[C@@H]1C(=O)N2C(C(=O)O)=C(/C=C3\CCN(c4nnc(C(F)(F)F)s4)C3=O)CS[C@H]12. The number of carbonyl (C=O) groups excluding carboxylic acids is 3. The van der Waals surface area contributed by atoms with Gasteiger partial charge in [-0.25, -0.2) is 9.59 Å². The Hall–Kier alpha value is -3.14. The number of nitrogens with one attached hydrogen (secondary N) is 1. The van der Waals surface area contributed by atoms with E-state index >= 15 is 0 Å². The smallest absolute Gasteiger partial charge is 0.445 e. The number of alkyl carbamates (subject to hydrolysis) is 1. The Morgan fingerprint density at radius 1 is 1.22 bits per heavy atom. The van der Waals surface area contributed by atoms with Gasteiger partial charge in [-0.05, 0) is 38.8 Å². The van der Waals surface area contributed by atoms with Gasteiger partial charge in [0.05, 0.1) is 0 Å². The van der Waals surface area contributed by atoms with Gasteiger partial charge < -0.3 is 15.2 Å². The molecule has 3 aliphatic rings. The van der Waals surface area contributed by atoms with Crippen LogP contribution in [-0.4, -0.2) is 73.4 Å². The summed E-state index contributed by atoms with van der Waals surface area (Å²) < 4.78 is 43.6. The Labute approximate surface area is 210 Å². The second kappa shape index (κ2) is 9.06. The molecule has 1 aromatic heterocycles. The average Bonchev–Trinajstić information content (AvgIpc) is 3.37. The largest absolute Gasteiger partial charge is 0.477 e. The first-order chi connectivity index (χ1) is 16.7. The highest BCUT2D eigenvalue weighted by molar-refractivity contribution is 8.00. The van der Waals surface area contributed by atoms with Crippen molar-refractivity contribution in [3.05, 3.63) is 27.9 Å². The number of allylic oxidation sites excluding steroid dienone is 1. The molecule has 3 aliphatic heterocycles. The van der Waals surface area contributed by atoms with Crippen molar-refractivity contribution in [1.82, 2.24) is 20.4 Å². The number of aliphatic carboxylic acids is 1. The molecule has 0 spiro atoms. The number of rotatable bonds is 4. The number of β-lactam (4-membered cyclic amide) rings is 1. The Balaban J connectivity index is 1.53. The molecule has 2 atom stereocenters. The number of amides is 3. The molecular formula is C20H20F3N5O6S2. The van der Waals surface area contributed by atoms with E-state index in [1.54, 1.807) is 20.8 Å². The number of halogens is 3. The number of hydrogen-bond acceptors (Lipinski definition) is 9. The van der Waals surface area contributed by atoms with E-state index < -0.39 is 52.1 Å². The van der Waals surface area contributed by atoms with E-state index in [4.69, 9.17) is 4.74 Å². The lowest BCUT2D eigenvalue weighted by Crippen LogP contribution is -2.70. The van der Waals surface area contributed by atoms with Crippen molar-refractivity contribution in [3.8, 4) is 0 Å². The van der Waals surface area contributed by atoms with Crippen molar-refractivity contribution in [2.24, 2.45) is 0 Å². The van der Waals surface area contributed by atoms with E-state index in [0.29, 0.717) is 0 Å². The zero-order valence-corrected chi connectivity index (χ0v) is 20.7. The second-order valence-electron chi connectivity index (χ2n) is 8.98. The molecule has 3 amide bonds. The number of hydrogen-bond donors (Lipinski definition) is 2. The summed E-state index contributed by atoms with van der Waals surface area (Å²) in [6.45, 7) is 5.03. The summed E-state index contributed by atoms with van der Waals surface area (Å²) in [6, 6.07) is -0.975. The Kier molecular flexibility index (Phi) is 6.53. The highest BCUT2D eigenvalue weighted by Gasteiger charge is 2.54. The van der Waals surface area contributed by atoms with E-state index in [-0.39, 0.29) is 52.0 Å². The molecule has 2 saturated heterocycles. The summed E-state index contributed by atoms with van der Waals surface area (Å²) in [5, 5.41) is 16.7. The minimum Gasteiger partial charge on any atom is -0.477 e. The maximum absolute atomic E-state index is 12.8. The third-order valence-corrected chi connectivity index (χ3v) is 7.53. The van der Waals surface area contributed by atoms with Crippen LogP contribution in [0.4, 0.5) is 23.1 Å². The molecule has 0 unspecified atom stereocenters. The van der Waals surface area contributed by atoms with E-state index in [1.807, 2.05) is 0 Å². The molecule has 194 valence electrons. The van der Waals surface area contributed by atoms with Crippen molar-refractivity contribution in [3.63, 3.8) is 0 Å². The number of ether oxygens (including phenoxy) is 1. The molecular weight excluding hydrogens is 527 g/mol.